The molecule has 0 N–H and O–H groups in total. The van der Waals surface area contributed by atoms with Crippen LogP contribution in [-0.2, 0) is 13.1 Å². The van der Waals surface area contributed by atoms with Crippen molar-refractivity contribution in [2.24, 2.45) is 0 Å². The zero-order valence-electron chi connectivity index (χ0n) is 12.3. The van der Waals surface area contributed by atoms with Crippen LogP contribution < -0.4 is 0 Å². The van der Waals surface area contributed by atoms with E-state index in [1.165, 1.54) is 16.5 Å². The summed E-state index contributed by atoms with van der Waals surface area (Å²) in [5.74, 6) is 0. The second-order valence-electron chi connectivity index (χ2n) is 5.53. The molecular formula is C17H18BrN3. The third-order valence-corrected chi connectivity index (χ3v) is 3.88. The number of hydrogen-bond acceptors (Lipinski definition) is 2. The number of aromatic nitrogens is 2. The van der Waals surface area contributed by atoms with Gasteiger partial charge in [-0.2, -0.15) is 0 Å². The molecule has 2 aromatic heterocycles. The molecule has 0 fully saturated rings. The Kier molecular flexibility index (Phi) is 4.08. The maximum Gasteiger partial charge on any atom is 0.140 e. The molecule has 2 heterocycles. The number of halogens is 1. The van der Waals surface area contributed by atoms with Crippen molar-refractivity contribution in [3.8, 4) is 0 Å². The number of fused-ring (bicyclic) bond motifs is 1. The summed E-state index contributed by atoms with van der Waals surface area (Å²) in [5.41, 5.74) is 3.63. The number of hydrogen-bond donors (Lipinski definition) is 0. The highest BCUT2D eigenvalue weighted by molar-refractivity contribution is 9.10. The van der Waals surface area contributed by atoms with Gasteiger partial charge in [0.1, 0.15) is 5.65 Å². The highest BCUT2D eigenvalue weighted by Gasteiger charge is 2.11. The SMILES string of the molecule is CN(C)Cc1cn(Cc2ccccc2)c2ncc(Br)cc12. The molecule has 0 unspecified atom stereocenters. The van der Waals surface area contributed by atoms with Gasteiger partial charge in [-0.05, 0) is 47.2 Å². The molecule has 0 saturated carbocycles. The van der Waals surface area contributed by atoms with Gasteiger partial charge >= 0.3 is 0 Å². The number of benzene rings is 1. The van der Waals surface area contributed by atoms with Crippen LogP contribution in [-0.4, -0.2) is 28.5 Å². The third kappa shape index (κ3) is 3.17. The van der Waals surface area contributed by atoms with Crippen molar-refractivity contribution in [2.75, 3.05) is 14.1 Å². The van der Waals surface area contributed by atoms with Crippen LogP contribution in [0.3, 0.4) is 0 Å². The number of pyridine rings is 1. The van der Waals surface area contributed by atoms with Crippen LogP contribution in [0.2, 0.25) is 0 Å². The molecule has 0 bridgehead atoms. The third-order valence-electron chi connectivity index (χ3n) is 3.45. The molecule has 0 spiro atoms. The second-order valence-corrected chi connectivity index (χ2v) is 6.45. The van der Waals surface area contributed by atoms with Gasteiger partial charge in [0.05, 0.1) is 0 Å². The standard InChI is InChI=1S/C17H18BrN3/c1-20(2)11-14-12-21(10-13-6-4-3-5-7-13)17-16(14)8-15(18)9-19-17/h3-9,12H,10-11H2,1-2H3. The molecule has 0 amide bonds. The summed E-state index contributed by atoms with van der Waals surface area (Å²) in [6, 6.07) is 12.6. The molecule has 0 saturated heterocycles. The highest BCUT2D eigenvalue weighted by Crippen LogP contribution is 2.24. The quantitative estimate of drug-likeness (QED) is 0.716. The second kappa shape index (κ2) is 6.00. The van der Waals surface area contributed by atoms with Crippen molar-refractivity contribution in [1.29, 1.82) is 0 Å². The molecule has 21 heavy (non-hydrogen) atoms. The Hall–Kier alpha value is -1.65. The lowest BCUT2D eigenvalue weighted by Gasteiger charge is -2.07. The Morgan fingerprint density at radius 3 is 2.67 bits per heavy atom. The summed E-state index contributed by atoms with van der Waals surface area (Å²) in [6.45, 7) is 1.76. The first-order valence-corrected chi connectivity index (χ1v) is 7.74. The molecule has 0 aliphatic heterocycles. The van der Waals surface area contributed by atoms with Gasteiger partial charge in [-0.15, -0.1) is 0 Å². The van der Waals surface area contributed by atoms with E-state index in [1.807, 2.05) is 12.3 Å². The number of rotatable bonds is 4. The molecule has 108 valence electrons. The van der Waals surface area contributed by atoms with Crippen LogP contribution in [0, 0.1) is 0 Å². The lowest BCUT2D eigenvalue weighted by atomic mass is 10.2. The van der Waals surface area contributed by atoms with E-state index >= 15 is 0 Å². The monoisotopic (exact) mass is 343 g/mol. The van der Waals surface area contributed by atoms with E-state index in [4.69, 9.17) is 0 Å². The molecule has 0 aliphatic carbocycles. The van der Waals surface area contributed by atoms with Crippen LogP contribution in [0.5, 0.6) is 0 Å². The summed E-state index contributed by atoms with van der Waals surface area (Å²) in [4.78, 5) is 6.79. The van der Waals surface area contributed by atoms with Gasteiger partial charge in [-0.1, -0.05) is 30.3 Å². The molecule has 3 aromatic rings. The molecule has 0 radical (unpaired) electrons. The molecular weight excluding hydrogens is 326 g/mol. The molecule has 3 nitrogen and oxygen atoms in total. The predicted octanol–water partition coefficient (Wildman–Crippen LogP) is 3.91. The topological polar surface area (TPSA) is 21.1 Å². The molecule has 0 atom stereocenters. The fourth-order valence-electron chi connectivity index (χ4n) is 2.58. The predicted molar refractivity (Wildman–Crippen MR) is 90.4 cm³/mol. The first-order chi connectivity index (χ1) is 10.1. The fourth-order valence-corrected chi connectivity index (χ4v) is 2.91. The van der Waals surface area contributed by atoms with E-state index in [0.717, 1.165) is 23.2 Å². The summed E-state index contributed by atoms with van der Waals surface area (Å²) < 4.78 is 3.25. The average Bonchev–Trinajstić information content (AvgIpc) is 2.77. The zero-order valence-corrected chi connectivity index (χ0v) is 13.8. The van der Waals surface area contributed by atoms with Crippen molar-refractivity contribution < 1.29 is 0 Å². The Balaban J connectivity index is 2.06. The van der Waals surface area contributed by atoms with Gasteiger partial charge in [-0.3, -0.25) is 0 Å². The van der Waals surface area contributed by atoms with E-state index in [2.05, 4.69) is 81.0 Å². The summed E-state index contributed by atoms with van der Waals surface area (Å²) in [5, 5.41) is 1.22. The average molecular weight is 344 g/mol. The van der Waals surface area contributed by atoms with Gasteiger partial charge < -0.3 is 9.47 Å². The lowest BCUT2D eigenvalue weighted by molar-refractivity contribution is 0.403. The fraction of sp³-hybridized carbons (Fsp3) is 0.235. The maximum absolute atomic E-state index is 4.60. The largest absolute Gasteiger partial charge is 0.328 e. The first kappa shape index (κ1) is 14.3. The first-order valence-electron chi connectivity index (χ1n) is 6.95. The van der Waals surface area contributed by atoms with Gasteiger partial charge in [-0.25, -0.2) is 4.98 Å². The minimum atomic E-state index is 0.847. The van der Waals surface area contributed by atoms with E-state index < -0.39 is 0 Å². The van der Waals surface area contributed by atoms with E-state index in [9.17, 15) is 0 Å². The molecule has 4 heteroatoms. The maximum atomic E-state index is 4.60. The van der Waals surface area contributed by atoms with E-state index in [0.29, 0.717) is 0 Å². The Morgan fingerprint density at radius 1 is 1.19 bits per heavy atom. The molecule has 0 aliphatic rings. The van der Waals surface area contributed by atoms with Gasteiger partial charge in [0, 0.05) is 35.3 Å². The highest BCUT2D eigenvalue weighted by atomic mass is 79.9. The minimum absolute atomic E-state index is 0.847. The van der Waals surface area contributed by atoms with Crippen molar-refractivity contribution in [3.63, 3.8) is 0 Å². The van der Waals surface area contributed by atoms with Crippen molar-refractivity contribution in [3.05, 3.63) is 64.4 Å². The van der Waals surface area contributed by atoms with Crippen LogP contribution in [0.1, 0.15) is 11.1 Å². The van der Waals surface area contributed by atoms with Crippen molar-refractivity contribution in [1.82, 2.24) is 14.5 Å². The summed E-state index contributed by atoms with van der Waals surface area (Å²) in [7, 11) is 4.18. The lowest BCUT2D eigenvalue weighted by Crippen LogP contribution is -2.10. The van der Waals surface area contributed by atoms with Gasteiger partial charge in [0.25, 0.3) is 0 Å². The summed E-state index contributed by atoms with van der Waals surface area (Å²) >= 11 is 3.52. The smallest absolute Gasteiger partial charge is 0.140 e. The summed E-state index contributed by atoms with van der Waals surface area (Å²) in [6.07, 6.45) is 4.08. The Morgan fingerprint density at radius 2 is 1.95 bits per heavy atom. The van der Waals surface area contributed by atoms with Crippen LogP contribution >= 0.6 is 15.9 Å². The molecule has 3 rings (SSSR count). The number of nitrogens with zero attached hydrogens (tertiary/aromatic N) is 3. The van der Waals surface area contributed by atoms with E-state index in [-0.39, 0.29) is 0 Å². The van der Waals surface area contributed by atoms with Crippen molar-refractivity contribution >= 4 is 27.0 Å². The van der Waals surface area contributed by atoms with Crippen molar-refractivity contribution in [2.45, 2.75) is 13.1 Å². The van der Waals surface area contributed by atoms with Gasteiger partial charge in [0.2, 0.25) is 0 Å². The van der Waals surface area contributed by atoms with Crippen LogP contribution in [0.15, 0.2) is 53.3 Å². The normalized spacial score (nSPS) is 11.4. The van der Waals surface area contributed by atoms with E-state index in [1.54, 1.807) is 0 Å². The Bertz CT molecular complexity index is 747. The van der Waals surface area contributed by atoms with Gasteiger partial charge in [0.15, 0.2) is 0 Å². The van der Waals surface area contributed by atoms with Crippen LogP contribution in [0.4, 0.5) is 0 Å². The zero-order chi connectivity index (χ0) is 14.8. The molecule has 1 aromatic carbocycles. The minimum Gasteiger partial charge on any atom is -0.328 e. The van der Waals surface area contributed by atoms with Crippen LogP contribution in [0.25, 0.3) is 11.0 Å². The Labute approximate surface area is 133 Å².